The summed E-state index contributed by atoms with van der Waals surface area (Å²) in [4.78, 5) is 25.4. The van der Waals surface area contributed by atoms with Crippen LogP contribution in [0.1, 0.15) is 29.8 Å². The number of amides is 2. The standard InChI is InChI=1S/C14H19FN2O2/c1-5-17(4)14(19)10(3)16-13(18)12-7-6-11(15)8-9(12)2/h6-8,10H,5H2,1-4H3,(H,16,18). The highest BCUT2D eigenvalue weighted by Crippen LogP contribution is 2.10. The van der Waals surface area contributed by atoms with E-state index in [4.69, 9.17) is 0 Å². The first kappa shape index (κ1) is 15.1. The molecule has 1 rings (SSSR count). The third-order valence-corrected chi connectivity index (χ3v) is 3.00. The van der Waals surface area contributed by atoms with Crippen molar-refractivity contribution in [1.29, 1.82) is 0 Å². The highest BCUT2D eigenvalue weighted by atomic mass is 19.1. The molecule has 1 atom stereocenters. The van der Waals surface area contributed by atoms with Gasteiger partial charge in [-0.05, 0) is 44.5 Å². The Morgan fingerprint density at radius 3 is 2.58 bits per heavy atom. The van der Waals surface area contributed by atoms with Crippen LogP contribution in [-0.4, -0.2) is 36.3 Å². The summed E-state index contributed by atoms with van der Waals surface area (Å²) in [5, 5.41) is 2.62. The molecule has 0 spiro atoms. The zero-order chi connectivity index (χ0) is 14.6. The minimum Gasteiger partial charge on any atom is -0.344 e. The molecule has 0 aromatic heterocycles. The molecule has 1 aromatic rings. The van der Waals surface area contributed by atoms with Gasteiger partial charge in [0.25, 0.3) is 5.91 Å². The van der Waals surface area contributed by atoms with Gasteiger partial charge in [0.15, 0.2) is 0 Å². The molecule has 1 unspecified atom stereocenters. The van der Waals surface area contributed by atoms with E-state index in [0.717, 1.165) is 0 Å². The molecule has 0 aliphatic heterocycles. The second-order valence-corrected chi connectivity index (χ2v) is 4.51. The van der Waals surface area contributed by atoms with E-state index in [2.05, 4.69) is 5.32 Å². The lowest BCUT2D eigenvalue weighted by Gasteiger charge is -2.20. The third kappa shape index (κ3) is 3.77. The van der Waals surface area contributed by atoms with Crippen LogP contribution < -0.4 is 5.32 Å². The Morgan fingerprint density at radius 1 is 1.42 bits per heavy atom. The molecular weight excluding hydrogens is 247 g/mol. The Balaban J connectivity index is 2.77. The molecule has 0 heterocycles. The Bertz CT molecular complexity index is 488. The Morgan fingerprint density at radius 2 is 2.05 bits per heavy atom. The molecule has 19 heavy (non-hydrogen) atoms. The van der Waals surface area contributed by atoms with E-state index in [0.29, 0.717) is 17.7 Å². The van der Waals surface area contributed by atoms with Gasteiger partial charge in [-0.1, -0.05) is 0 Å². The monoisotopic (exact) mass is 266 g/mol. The molecule has 0 fully saturated rings. The van der Waals surface area contributed by atoms with E-state index >= 15 is 0 Å². The number of hydrogen-bond acceptors (Lipinski definition) is 2. The summed E-state index contributed by atoms with van der Waals surface area (Å²) >= 11 is 0. The molecular formula is C14H19FN2O2. The second kappa shape index (κ2) is 6.31. The Kier molecular flexibility index (Phi) is 5.03. The van der Waals surface area contributed by atoms with Crippen LogP contribution in [0.25, 0.3) is 0 Å². The number of aryl methyl sites for hydroxylation is 1. The molecule has 0 bridgehead atoms. The lowest BCUT2D eigenvalue weighted by Crippen LogP contribution is -2.45. The number of rotatable bonds is 4. The van der Waals surface area contributed by atoms with Crippen LogP contribution in [0.4, 0.5) is 4.39 Å². The van der Waals surface area contributed by atoms with Crippen LogP contribution in [-0.2, 0) is 4.79 Å². The van der Waals surface area contributed by atoms with Gasteiger partial charge in [0.2, 0.25) is 5.91 Å². The number of carbonyl (C=O) groups excluding carboxylic acids is 2. The maximum absolute atomic E-state index is 13.0. The molecule has 0 aliphatic carbocycles. The predicted octanol–water partition coefficient (Wildman–Crippen LogP) is 1.73. The van der Waals surface area contributed by atoms with Gasteiger partial charge in [-0.25, -0.2) is 4.39 Å². The van der Waals surface area contributed by atoms with Crippen molar-refractivity contribution < 1.29 is 14.0 Å². The summed E-state index contributed by atoms with van der Waals surface area (Å²) in [5.41, 5.74) is 0.918. The van der Waals surface area contributed by atoms with Gasteiger partial charge in [0, 0.05) is 19.2 Å². The molecule has 0 radical (unpaired) electrons. The maximum atomic E-state index is 13.0. The largest absolute Gasteiger partial charge is 0.344 e. The first-order valence-electron chi connectivity index (χ1n) is 6.18. The average molecular weight is 266 g/mol. The fourth-order valence-corrected chi connectivity index (χ4v) is 1.70. The number of nitrogens with zero attached hydrogens (tertiary/aromatic N) is 1. The van der Waals surface area contributed by atoms with E-state index < -0.39 is 6.04 Å². The van der Waals surface area contributed by atoms with E-state index in [1.165, 1.54) is 23.1 Å². The van der Waals surface area contributed by atoms with Crippen LogP contribution in [0.3, 0.4) is 0 Å². The van der Waals surface area contributed by atoms with Gasteiger partial charge < -0.3 is 10.2 Å². The molecule has 5 heteroatoms. The lowest BCUT2D eigenvalue weighted by atomic mass is 10.1. The summed E-state index contributed by atoms with van der Waals surface area (Å²) in [6.45, 7) is 5.72. The van der Waals surface area contributed by atoms with E-state index in [1.807, 2.05) is 6.92 Å². The number of hydrogen-bond donors (Lipinski definition) is 1. The summed E-state index contributed by atoms with van der Waals surface area (Å²) in [5.74, 6) is -0.914. The Labute approximate surface area is 112 Å². The fraction of sp³-hybridized carbons (Fsp3) is 0.429. The smallest absolute Gasteiger partial charge is 0.252 e. The van der Waals surface area contributed by atoms with E-state index in [1.54, 1.807) is 20.9 Å². The molecule has 0 saturated heterocycles. The first-order chi connectivity index (χ1) is 8.86. The van der Waals surface area contributed by atoms with Crippen LogP contribution in [0.5, 0.6) is 0 Å². The third-order valence-electron chi connectivity index (χ3n) is 3.00. The predicted molar refractivity (Wildman–Crippen MR) is 71.4 cm³/mol. The quantitative estimate of drug-likeness (QED) is 0.902. The zero-order valence-electron chi connectivity index (χ0n) is 11.7. The van der Waals surface area contributed by atoms with Crippen LogP contribution >= 0.6 is 0 Å². The van der Waals surface area contributed by atoms with Crippen molar-refractivity contribution in [1.82, 2.24) is 10.2 Å². The molecule has 1 aromatic carbocycles. The molecule has 2 amide bonds. The van der Waals surface area contributed by atoms with Crippen molar-refractivity contribution in [2.75, 3.05) is 13.6 Å². The van der Waals surface area contributed by atoms with Crippen molar-refractivity contribution in [2.24, 2.45) is 0 Å². The lowest BCUT2D eigenvalue weighted by molar-refractivity contribution is -0.131. The van der Waals surface area contributed by atoms with Crippen molar-refractivity contribution in [3.8, 4) is 0 Å². The van der Waals surface area contributed by atoms with Gasteiger partial charge in [0.1, 0.15) is 11.9 Å². The first-order valence-corrected chi connectivity index (χ1v) is 6.18. The molecule has 104 valence electrons. The summed E-state index contributed by atoms with van der Waals surface area (Å²) in [6, 6.07) is 3.33. The summed E-state index contributed by atoms with van der Waals surface area (Å²) in [7, 11) is 1.67. The molecule has 0 saturated carbocycles. The minimum atomic E-state index is -0.609. The Hall–Kier alpha value is -1.91. The maximum Gasteiger partial charge on any atom is 0.252 e. The van der Waals surface area contributed by atoms with Crippen molar-refractivity contribution in [3.63, 3.8) is 0 Å². The van der Waals surface area contributed by atoms with Crippen LogP contribution in [0.15, 0.2) is 18.2 Å². The van der Waals surface area contributed by atoms with Gasteiger partial charge in [0.05, 0.1) is 0 Å². The fourth-order valence-electron chi connectivity index (χ4n) is 1.70. The van der Waals surface area contributed by atoms with E-state index in [9.17, 15) is 14.0 Å². The van der Waals surface area contributed by atoms with Crippen molar-refractivity contribution in [2.45, 2.75) is 26.8 Å². The molecule has 0 aliphatic rings. The normalized spacial score (nSPS) is 11.8. The topological polar surface area (TPSA) is 49.4 Å². The average Bonchev–Trinajstić information content (AvgIpc) is 2.36. The number of benzene rings is 1. The SMILES string of the molecule is CCN(C)C(=O)C(C)NC(=O)c1ccc(F)cc1C. The number of halogens is 1. The van der Waals surface area contributed by atoms with Crippen molar-refractivity contribution in [3.05, 3.63) is 35.1 Å². The second-order valence-electron chi connectivity index (χ2n) is 4.51. The van der Waals surface area contributed by atoms with Crippen LogP contribution in [0, 0.1) is 12.7 Å². The summed E-state index contributed by atoms with van der Waals surface area (Å²) in [6.07, 6.45) is 0. The molecule has 1 N–H and O–H groups in total. The minimum absolute atomic E-state index is 0.157. The number of likely N-dealkylation sites (N-methyl/N-ethyl adjacent to an activating group) is 1. The van der Waals surface area contributed by atoms with Crippen LogP contribution in [0.2, 0.25) is 0 Å². The van der Waals surface area contributed by atoms with Gasteiger partial charge >= 0.3 is 0 Å². The van der Waals surface area contributed by atoms with Gasteiger partial charge in [-0.2, -0.15) is 0 Å². The van der Waals surface area contributed by atoms with Crippen molar-refractivity contribution >= 4 is 11.8 Å². The highest BCUT2D eigenvalue weighted by Gasteiger charge is 2.20. The highest BCUT2D eigenvalue weighted by molar-refractivity contribution is 5.98. The zero-order valence-corrected chi connectivity index (χ0v) is 11.7. The van der Waals surface area contributed by atoms with Gasteiger partial charge in [-0.15, -0.1) is 0 Å². The number of carbonyl (C=O) groups is 2. The molecule has 4 nitrogen and oxygen atoms in total. The number of nitrogens with one attached hydrogen (secondary N) is 1. The summed E-state index contributed by atoms with van der Waals surface area (Å²) < 4.78 is 13.0. The van der Waals surface area contributed by atoms with Gasteiger partial charge in [-0.3, -0.25) is 9.59 Å². The van der Waals surface area contributed by atoms with E-state index in [-0.39, 0.29) is 17.6 Å².